The van der Waals surface area contributed by atoms with Gasteiger partial charge < -0.3 is 18.9 Å². The van der Waals surface area contributed by atoms with E-state index in [0.717, 1.165) is 11.3 Å². The summed E-state index contributed by atoms with van der Waals surface area (Å²) < 4.78 is 17.5. The van der Waals surface area contributed by atoms with Crippen LogP contribution in [-0.4, -0.2) is 44.5 Å². The Balaban J connectivity index is 2.03. The Bertz CT molecular complexity index is 615. The lowest BCUT2D eigenvalue weighted by Gasteiger charge is -2.32. The number of nitrogens with zero attached hydrogens (tertiary/aromatic N) is 1. The molecule has 2 heterocycles. The maximum atomic E-state index is 12.4. The summed E-state index contributed by atoms with van der Waals surface area (Å²) in [6, 6.07) is 7.54. The van der Waals surface area contributed by atoms with E-state index in [1.54, 1.807) is 0 Å². The Kier molecular flexibility index (Phi) is 3.73. The lowest BCUT2D eigenvalue weighted by molar-refractivity contribution is -0.142. The van der Waals surface area contributed by atoms with Gasteiger partial charge in [0, 0.05) is 12.7 Å². The van der Waals surface area contributed by atoms with E-state index in [1.807, 2.05) is 63.9 Å². The number of carbonyl (C=O) groups is 1. The molecule has 0 aromatic heterocycles. The first-order valence-corrected chi connectivity index (χ1v) is 7.95. The number of rotatable bonds is 2. The highest BCUT2D eigenvalue weighted by Crippen LogP contribution is 2.47. The summed E-state index contributed by atoms with van der Waals surface area (Å²) in [5, 5.41) is 0. The van der Waals surface area contributed by atoms with Gasteiger partial charge in [0.2, 0.25) is 0 Å². The third-order valence-corrected chi connectivity index (χ3v) is 5.44. The van der Waals surface area contributed by atoms with Crippen LogP contribution in [0.4, 0.5) is 5.69 Å². The highest BCUT2D eigenvalue weighted by atomic mass is 16.7. The van der Waals surface area contributed by atoms with E-state index in [1.165, 1.54) is 7.11 Å². The fourth-order valence-electron chi connectivity index (χ4n) is 3.41. The minimum Gasteiger partial charge on any atom is -0.467 e. The summed E-state index contributed by atoms with van der Waals surface area (Å²) in [7, 11) is 2.83. The standard InChI is InChI=1S/C17H24BNO4/c1-16(2)17(3,4)23-18(22-16)13-11-9-7-8-10-12(11)19(5)14(13)15(20)21-6/h7-10,13-14H,1-6H3/t13-,14+/m0/s1. The summed E-state index contributed by atoms with van der Waals surface area (Å²) in [6.07, 6.45) is 0. The van der Waals surface area contributed by atoms with Crippen molar-refractivity contribution in [1.29, 1.82) is 0 Å². The second-order valence-electron chi connectivity index (χ2n) is 7.29. The van der Waals surface area contributed by atoms with Crippen LogP contribution in [0.25, 0.3) is 0 Å². The minimum absolute atomic E-state index is 0.218. The molecule has 0 bridgehead atoms. The predicted octanol–water partition coefficient (Wildman–Crippen LogP) is 2.39. The average molecular weight is 317 g/mol. The molecule has 0 radical (unpaired) electrons. The summed E-state index contributed by atoms with van der Waals surface area (Å²) in [6.45, 7) is 8.07. The van der Waals surface area contributed by atoms with Crippen molar-refractivity contribution in [3.8, 4) is 0 Å². The molecule has 1 aromatic carbocycles. The molecule has 6 heteroatoms. The fourth-order valence-corrected chi connectivity index (χ4v) is 3.41. The van der Waals surface area contributed by atoms with Gasteiger partial charge in [-0.05, 0) is 39.3 Å². The van der Waals surface area contributed by atoms with Crippen LogP contribution in [-0.2, 0) is 18.8 Å². The monoisotopic (exact) mass is 317 g/mol. The van der Waals surface area contributed by atoms with Gasteiger partial charge in [-0.1, -0.05) is 18.2 Å². The fraction of sp³-hybridized carbons (Fsp3) is 0.588. The van der Waals surface area contributed by atoms with Gasteiger partial charge in [0.05, 0.1) is 24.1 Å². The smallest absolute Gasteiger partial charge is 0.467 e. The van der Waals surface area contributed by atoms with Crippen LogP contribution in [0.15, 0.2) is 24.3 Å². The Labute approximate surface area is 138 Å². The van der Waals surface area contributed by atoms with Gasteiger partial charge in [0.25, 0.3) is 0 Å². The average Bonchev–Trinajstić information content (AvgIpc) is 2.89. The van der Waals surface area contributed by atoms with E-state index in [2.05, 4.69) is 0 Å². The topological polar surface area (TPSA) is 48.0 Å². The quantitative estimate of drug-likeness (QED) is 0.619. The molecule has 1 fully saturated rings. The molecule has 0 N–H and O–H groups in total. The van der Waals surface area contributed by atoms with Crippen molar-refractivity contribution in [2.75, 3.05) is 19.1 Å². The number of hydrogen-bond donors (Lipinski definition) is 0. The first kappa shape index (κ1) is 16.3. The van der Waals surface area contributed by atoms with Gasteiger partial charge in [0.15, 0.2) is 0 Å². The molecular formula is C17H24BNO4. The molecular weight excluding hydrogens is 293 g/mol. The summed E-state index contributed by atoms with van der Waals surface area (Å²) in [4.78, 5) is 14.4. The molecule has 1 saturated heterocycles. The first-order chi connectivity index (χ1) is 10.7. The normalized spacial score (nSPS) is 27.9. The van der Waals surface area contributed by atoms with E-state index >= 15 is 0 Å². The molecule has 2 aliphatic heterocycles. The molecule has 2 aliphatic rings. The van der Waals surface area contributed by atoms with Crippen LogP contribution in [0.3, 0.4) is 0 Å². The third kappa shape index (κ3) is 2.36. The second kappa shape index (κ2) is 5.25. The van der Waals surface area contributed by atoms with Crippen LogP contribution in [0.2, 0.25) is 0 Å². The number of fused-ring (bicyclic) bond motifs is 1. The van der Waals surface area contributed by atoms with Gasteiger partial charge in [-0.2, -0.15) is 0 Å². The number of hydrogen-bond acceptors (Lipinski definition) is 5. The molecule has 0 unspecified atom stereocenters. The number of para-hydroxylation sites is 1. The number of likely N-dealkylation sites (N-methyl/N-ethyl adjacent to an activating group) is 1. The zero-order chi connectivity index (χ0) is 17.0. The molecule has 0 amide bonds. The maximum Gasteiger partial charge on any atom is 0.468 e. The van der Waals surface area contributed by atoms with Crippen LogP contribution < -0.4 is 4.90 Å². The number of anilines is 1. The van der Waals surface area contributed by atoms with E-state index < -0.39 is 24.4 Å². The molecule has 23 heavy (non-hydrogen) atoms. The summed E-state index contributed by atoms with van der Waals surface area (Å²) in [5.74, 6) is -0.492. The van der Waals surface area contributed by atoms with Crippen LogP contribution in [0, 0.1) is 0 Å². The largest absolute Gasteiger partial charge is 0.468 e. The third-order valence-electron chi connectivity index (χ3n) is 5.44. The molecule has 0 saturated carbocycles. The van der Waals surface area contributed by atoms with Crippen LogP contribution in [0.5, 0.6) is 0 Å². The lowest BCUT2D eigenvalue weighted by Crippen LogP contribution is -2.45. The van der Waals surface area contributed by atoms with Crippen LogP contribution in [0.1, 0.15) is 39.1 Å². The number of carbonyl (C=O) groups excluding carboxylic acids is 1. The molecule has 124 valence electrons. The number of ether oxygens (including phenoxy) is 1. The van der Waals surface area contributed by atoms with Crippen LogP contribution >= 0.6 is 0 Å². The Morgan fingerprint density at radius 3 is 2.30 bits per heavy atom. The summed E-state index contributed by atoms with van der Waals surface area (Å²) in [5.41, 5.74) is 1.20. The highest BCUT2D eigenvalue weighted by Gasteiger charge is 2.59. The minimum atomic E-state index is -0.491. The van der Waals surface area contributed by atoms with Crippen molar-refractivity contribution >= 4 is 18.8 Å². The lowest BCUT2D eigenvalue weighted by atomic mass is 9.65. The molecule has 5 nitrogen and oxygen atoms in total. The molecule has 0 spiro atoms. The van der Waals surface area contributed by atoms with Gasteiger partial charge in [0.1, 0.15) is 6.04 Å². The molecule has 2 atom stereocenters. The number of benzene rings is 1. The van der Waals surface area contributed by atoms with E-state index in [0.29, 0.717) is 0 Å². The van der Waals surface area contributed by atoms with Gasteiger partial charge >= 0.3 is 13.1 Å². The zero-order valence-electron chi connectivity index (χ0n) is 14.6. The van der Waals surface area contributed by atoms with Crippen molar-refractivity contribution in [1.82, 2.24) is 0 Å². The van der Waals surface area contributed by atoms with E-state index in [-0.39, 0.29) is 11.8 Å². The molecule has 0 aliphatic carbocycles. The second-order valence-corrected chi connectivity index (χ2v) is 7.29. The van der Waals surface area contributed by atoms with Gasteiger partial charge in [-0.15, -0.1) is 0 Å². The Hall–Kier alpha value is -1.53. The van der Waals surface area contributed by atoms with Gasteiger partial charge in [-0.3, -0.25) is 0 Å². The van der Waals surface area contributed by atoms with Gasteiger partial charge in [-0.25, -0.2) is 4.79 Å². The molecule has 3 rings (SSSR count). The van der Waals surface area contributed by atoms with E-state index in [9.17, 15) is 4.79 Å². The van der Waals surface area contributed by atoms with E-state index in [4.69, 9.17) is 14.0 Å². The highest BCUT2D eigenvalue weighted by molar-refractivity contribution is 6.49. The molecule has 1 aromatic rings. The predicted molar refractivity (Wildman–Crippen MR) is 89.5 cm³/mol. The Morgan fingerprint density at radius 1 is 1.17 bits per heavy atom. The zero-order valence-corrected chi connectivity index (χ0v) is 14.6. The maximum absolute atomic E-state index is 12.4. The van der Waals surface area contributed by atoms with Crippen molar-refractivity contribution in [3.05, 3.63) is 29.8 Å². The summed E-state index contributed by atoms with van der Waals surface area (Å²) >= 11 is 0. The van der Waals surface area contributed by atoms with Crippen molar-refractivity contribution < 1.29 is 18.8 Å². The van der Waals surface area contributed by atoms with Crippen molar-refractivity contribution in [3.63, 3.8) is 0 Å². The first-order valence-electron chi connectivity index (χ1n) is 7.95. The SMILES string of the molecule is COC(=O)[C@H]1[C@@H](B2OC(C)(C)C(C)(C)O2)c2ccccc2N1C. The van der Waals surface area contributed by atoms with Crippen molar-refractivity contribution in [2.24, 2.45) is 0 Å². The number of methoxy groups -OCH3 is 1. The van der Waals surface area contributed by atoms with Crippen molar-refractivity contribution in [2.45, 2.75) is 50.8 Å². The Morgan fingerprint density at radius 2 is 1.74 bits per heavy atom. The number of esters is 1.